The third-order valence-corrected chi connectivity index (χ3v) is 5.33. The maximum Gasteiger partial charge on any atom is 0.261 e. The molecule has 2 heterocycles. The number of benzene rings is 2. The summed E-state index contributed by atoms with van der Waals surface area (Å²) in [6.45, 7) is 0.716. The van der Waals surface area contributed by atoms with Crippen molar-refractivity contribution in [2.75, 3.05) is 13.7 Å². The second kappa shape index (κ2) is 7.33. The van der Waals surface area contributed by atoms with Crippen molar-refractivity contribution < 1.29 is 23.5 Å². The van der Waals surface area contributed by atoms with Crippen LogP contribution in [0.5, 0.6) is 11.5 Å². The van der Waals surface area contributed by atoms with E-state index in [1.807, 2.05) is 18.2 Å². The van der Waals surface area contributed by atoms with Crippen molar-refractivity contribution in [3.05, 3.63) is 65.5 Å². The molecule has 0 atom stereocenters. The first-order valence-electron chi connectivity index (χ1n) is 9.85. The van der Waals surface area contributed by atoms with E-state index >= 15 is 0 Å². The summed E-state index contributed by atoms with van der Waals surface area (Å²) in [7, 11) is 1.60. The summed E-state index contributed by atoms with van der Waals surface area (Å²) in [6.07, 6.45) is 3.86. The summed E-state index contributed by atoms with van der Waals surface area (Å²) in [5, 5.41) is 0. The molecule has 1 fully saturated rings. The number of aromatic nitrogens is 1. The fraction of sp³-hybridized carbons (Fsp3) is 0.261. The van der Waals surface area contributed by atoms with Gasteiger partial charge in [-0.3, -0.25) is 14.5 Å². The third kappa shape index (κ3) is 3.32. The van der Waals surface area contributed by atoms with Crippen LogP contribution in [-0.4, -0.2) is 35.4 Å². The number of amides is 2. The number of methoxy groups -OCH3 is 1. The van der Waals surface area contributed by atoms with Crippen molar-refractivity contribution in [2.45, 2.75) is 19.4 Å². The SMILES string of the molecule is COc1ccc(-c2nc(CN3C(=O)c4ccccc4C3=O)co2)cc1OCC1CC1. The Morgan fingerprint density at radius 1 is 1.07 bits per heavy atom. The average Bonchev–Trinajstić information content (AvgIpc) is 3.44. The molecular weight excluding hydrogens is 384 g/mol. The largest absolute Gasteiger partial charge is 0.493 e. The summed E-state index contributed by atoms with van der Waals surface area (Å²) >= 11 is 0. The summed E-state index contributed by atoms with van der Waals surface area (Å²) < 4.78 is 16.9. The van der Waals surface area contributed by atoms with Crippen LogP contribution in [0.3, 0.4) is 0 Å². The number of ether oxygens (including phenoxy) is 2. The van der Waals surface area contributed by atoms with Gasteiger partial charge in [0, 0.05) is 5.56 Å². The molecule has 1 aromatic heterocycles. The van der Waals surface area contributed by atoms with Crippen LogP contribution in [0.4, 0.5) is 0 Å². The van der Waals surface area contributed by atoms with Crippen LogP contribution in [0.25, 0.3) is 11.5 Å². The van der Waals surface area contributed by atoms with E-state index in [0.29, 0.717) is 46.7 Å². The first-order chi connectivity index (χ1) is 14.6. The Balaban J connectivity index is 1.35. The van der Waals surface area contributed by atoms with Gasteiger partial charge in [0.2, 0.25) is 5.89 Å². The molecule has 2 amide bonds. The van der Waals surface area contributed by atoms with Gasteiger partial charge < -0.3 is 13.9 Å². The highest BCUT2D eigenvalue weighted by molar-refractivity contribution is 6.21. The smallest absolute Gasteiger partial charge is 0.261 e. The Bertz CT molecular complexity index is 1100. The van der Waals surface area contributed by atoms with Gasteiger partial charge in [0.25, 0.3) is 11.8 Å². The van der Waals surface area contributed by atoms with Crippen LogP contribution in [0, 0.1) is 5.92 Å². The first-order valence-corrected chi connectivity index (χ1v) is 9.85. The van der Waals surface area contributed by atoms with Crippen molar-refractivity contribution in [1.82, 2.24) is 9.88 Å². The number of carbonyl (C=O) groups excluding carboxylic acids is 2. The Kier molecular flexibility index (Phi) is 4.50. The van der Waals surface area contributed by atoms with Crippen LogP contribution in [0.1, 0.15) is 39.3 Å². The van der Waals surface area contributed by atoms with Gasteiger partial charge >= 0.3 is 0 Å². The second-order valence-electron chi connectivity index (χ2n) is 7.51. The van der Waals surface area contributed by atoms with Gasteiger partial charge in [-0.15, -0.1) is 0 Å². The number of nitrogens with zero attached hydrogens (tertiary/aromatic N) is 2. The van der Waals surface area contributed by atoms with Gasteiger partial charge in [-0.2, -0.15) is 0 Å². The minimum Gasteiger partial charge on any atom is -0.493 e. The maximum atomic E-state index is 12.6. The molecule has 0 unspecified atom stereocenters. The zero-order valence-corrected chi connectivity index (χ0v) is 16.5. The minimum absolute atomic E-state index is 0.0526. The van der Waals surface area contributed by atoms with Crippen molar-refractivity contribution >= 4 is 11.8 Å². The fourth-order valence-electron chi connectivity index (χ4n) is 3.47. The quantitative estimate of drug-likeness (QED) is 0.555. The molecular formula is C23H20N2O5. The number of fused-ring (bicyclic) bond motifs is 1. The third-order valence-electron chi connectivity index (χ3n) is 5.33. The van der Waals surface area contributed by atoms with Gasteiger partial charge in [-0.1, -0.05) is 12.1 Å². The average molecular weight is 404 g/mol. The van der Waals surface area contributed by atoms with Crippen LogP contribution >= 0.6 is 0 Å². The molecule has 30 heavy (non-hydrogen) atoms. The Labute approximate surface area is 173 Å². The fourth-order valence-corrected chi connectivity index (χ4v) is 3.47. The molecule has 0 saturated heterocycles. The highest BCUT2D eigenvalue weighted by atomic mass is 16.5. The molecule has 1 aliphatic carbocycles. The van der Waals surface area contributed by atoms with E-state index in [1.165, 1.54) is 24.0 Å². The molecule has 0 radical (unpaired) electrons. The minimum atomic E-state index is -0.319. The second-order valence-corrected chi connectivity index (χ2v) is 7.51. The van der Waals surface area contributed by atoms with E-state index in [9.17, 15) is 9.59 Å². The first kappa shape index (κ1) is 18.4. The van der Waals surface area contributed by atoms with Crippen molar-refractivity contribution in [2.24, 2.45) is 5.92 Å². The number of carbonyl (C=O) groups is 2. The van der Waals surface area contributed by atoms with Gasteiger partial charge in [0.05, 0.1) is 37.1 Å². The summed E-state index contributed by atoms with van der Waals surface area (Å²) in [5.41, 5.74) is 2.06. The van der Waals surface area contributed by atoms with E-state index in [0.717, 1.165) is 5.56 Å². The molecule has 7 heteroatoms. The Morgan fingerprint density at radius 2 is 1.80 bits per heavy atom. The molecule has 2 aromatic carbocycles. The standard InChI is InChI=1S/C23H20N2O5/c1-28-19-9-8-15(10-20(19)29-12-14-6-7-14)21-24-16(13-30-21)11-25-22(26)17-4-2-3-5-18(17)23(25)27/h2-5,8-10,13-14H,6-7,11-12H2,1H3. The monoisotopic (exact) mass is 404 g/mol. The zero-order chi connectivity index (χ0) is 20.7. The summed E-state index contributed by atoms with van der Waals surface area (Å²) in [5.74, 6) is 1.66. The zero-order valence-electron chi connectivity index (χ0n) is 16.5. The topological polar surface area (TPSA) is 81.9 Å². The summed E-state index contributed by atoms with van der Waals surface area (Å²) in [6, 6.07) is 12.3. The molecule has 0 bridgehead atoms. The van der Waals surface area contributed by atoms with Gasteiger partial charge in [-0.25, -0.2) is 4.98 Å². The van der Waals surface area contributed by atoms with Crippen LogP contribution in [0.15, 0.2) is 53.1 Å². The normalized spacial score (nSPS) is 15.4. The number of imide groups is 1. The molecule has 3 aromatic rings. The van der Waals surface area contributed by atoms with Gasteiger partial charge in [0.1, 0.15) is 6.26 Å². The lowest BCUT2D eigenvalue weighted by molar-refractivity contribution is 0.0640. The molecule has 1 saturated carbocycles. The van der Waals surface area contributed by atoms with E-state index in [-0.39, 0.29) is 18.4 Å². The maximum absolute atomic E-state index is 12.6. The molecule has 0 N–H and O–H groups in total. The number of oxazole rings is 1. The molecule has 1 aliphatic heterocycles. The molecule has 2 aliphatic rings. The van der Waals surface area contributed by atoms with E-state index in [4.69, 9.17) is 13.9 Å². The lowest BCUT2D eigenvalue weighted by Gasteiger charge is -2.11. The lowest BCUT2D eigenvalue weighted by Crippen LogP contribution is -2.29. The predicted octanol–water partition coefficient (Wildman–Crippen LogP) is 3.94. The van der Waals surface area contributed by atoms with E-state index in [2.05, 4.69) is 4.98 Å². The molecule has 5 rings (SSSR count). The lowest BCUT2D eigenvalue weighted by atomic mass is 10.1. The van der Waals surface area contributed by atoms with E-state index < -0.39 is 0 Å². The van der Waals surface area contributed by atoms with Crippen LogP contribution < -0.4 is 9.47 Å². The van der Waals surface area contributed by atoms with Crippen LogP contribution in [-0.2, 0) is 6.54 Å². The molecule has 152 valence electrons. The van der Waals surface area contributed by atoms with Crippen molar-refractivity contribution in [3.8, 4) is 23.0 Å². The Morgan fingerprint density at radius 3 is 2.47 bits per heavy atom. The van der Waals surface area contributed by atoms with Crippen molar-refractivity contribution in [1.29, 1.82) is 0 Å². The predicted molar refractivity (Wildman–Crippen MR) is 107 cm³/mol. The molecule has 0 spiro atoms. The van der Waals surface area contributed by atoms with Crippen LogP contribution in [0.2, 0.25) is 0 Å². The number of rotatable bonds is 7. The van der Waals surface area contributed by atoms with Gasteiger partial charge in [-0.05, 0) is 49.1 Å². The number of hydrogen-bond acceptors (Lipinski definition) is 6. The van der Waals surface area contributed by atoms with Gasteiger partial charge in [0.15, 0.2) is 11.5 Å². The molecule has 7 nitrogen and oxygen atoms in total. The summed E-state index contributed by atoms with van der Waals surface area (Å²) in [4.78, 5) is 30.8. The van der Waals surface area contributed by atoms with E-state index in [1.54, 1.807) is 31.4 Å². The number of hydrogen-bond donors (Lipinski definition) is 0. The highest BCUT2D eigenvalue weighted by Gasteiger charge is 2.35. The van der Waals surface area contributed by atoms with Crippen molar-refractivity contribution in [3.63, 3.8) is 0 Å². The highest BCUT2D eigenvalue weighted by Crippen LogP contribution is 2.35. The Hall–Kier alpha value is -3.61.